The largest absolute Gasteiger partial charge is 0.494 e. The van der Waals surface area contributed by atoms with Crippen molar-refractivity contribution in [3.05, 3.63) is 119 Å². The van der Waals surface area contributed by atoms with Gasteiger partial charge in [0.05, 0.1) is 13.2 Å². The average molecular weight is 582 g/mol. The van der Waals surface area contributed by atoms with Crippen molar-refractivity contribution in [1.82, 2.24) is 10.6 Å². The second-order valence-electron chi connectivity index (χ2n) is 10.4. The Labute approximate surface area is 254 Å². The maximum atomic E-state index is 9.50. The van der Waals surface area contributed by atoms with Gasteiger partial charge in [-0.1, -0.05) is 72.8 Å². The van der Waals surface area contributed by atoms with Crippen LogP contribution in [0.4, 0.5) is 0 Å². The minimum absolute atomic E-state index is 0.519. The fourth-order valence-corrected chi connectivity index (χ4v) is 4.75. The van der Waals surface area contributed by atoms with Crippen LogP contribution in [0, 0.1) is 0 Å². The molecule has 0 fully saturated rings. The normalized spacial score (nSPS) is 10.9. The topological polar surface area (TPSA) is 123 Å². The maximum Gasteiger partial charge on any atom is 0.488 e. The first-order valence-electron chi connectivity index (χ1n) is 14.7. The van der Waals surface area contributed by atoms with Crippen molar-refractivity contribution in [2.75, 3.05) is 13.2 Å². The third-order valence-corrected chi connectivity index (χ3v) is 7.13. The van der Waals surface area contributed by atoms with Gasteiger partial charge in [0.1, 0.15) is 11.5 Å². The number of rotatable bonds is 18. The van der Waals surface area contributed by atoms with Crippen LogP contribution in [0.15, 0.2) is 97.1 Å². The van der Waals surface area contributed by atoms with Gasteiger partial charge in [0.25, 0.3) is 0 Å². The molecule has 10 heteroatoms. The van der Waals surface area contributed by atoms with Crippen LogP contribution in [0.2, 0.25) is 0 Å². The van der Waals surface area contributed by atoms with Crippen molar-refractivity contribution < 1.29 is 29.6 Å². The molecular weight excluding hydrogens is 542 g/mol. The third kappa shape index (κ3) is 10.9. The van der Waals surface area contributed by atoms with Gasteiger partial charge in [-0.2, -0.15) is 0 Å². The molecule has 8 nitrogen and oxygen atoms in total. The summed E-state index contributed by atoms with van der Waals surface area (Å²) in [5.41, 5.74) is 5.02. The highest BCUT2D eigenvalue weighted by atomic mass is 16.5. The van der Waals surface area contributed by atoms with Gasteiger partial charge < -0.3 is 40.2 Å². The number of nitrogens with one attached hydrogen (secondary N) is 2. The SMILES string of the molecule is OB(O)c1ccccc1CNCc1ccc(OCCCCCOc2ccc(CNCc3ccccc3B(O)O)cc2)cc1. The molecular formula is C33H40B2N2O6. The number of ether oxygens (including phenoxy) is 2. The van der Waals surface area contributed by atoms with Crippen molar-refractivity contribution in [3.8, 4) is 11.5 Å². The summed E-state index contributed by atoms with van der Waals surface area (Å²) < 4.78 is 11.8. The lowest BCUT2D eigenvalue weighted by atomic mass is 9.77. The molecule has 0 aliphatic rings. The summed E-state index contributed by atoms with van der Waals surface area (Å²) in [6.45, 7) is 3.74. The van der Waals surface area contributed by atoms with E-state index in [2.05, 4.69) is 10.6 Å². The zero-order chi connectivity index (χ0) is 30.3. The van der Waals surface area contributed by atoms with Crippen LogP contribution in [0.5, 0.6) is 11.5 Å². The van der Waals surface area contributed by atoms with E-state index in [0.717, 1.165) is 53.0 Å². The molecule has 0 spiro atoms. The van der Waals surface area contributed by atoms with Gasteiger partial charge >= 0.3 is 14.2 Å². The molecule has 0 bridgehead atoms. The fourth-order valence-electron chi connectivity index (χ4n) is 4.75. The second-order valence-corrected chi connectivity index (χ2v) is 10.4. The molecule has 0 saturated heterocycles. The van der Waals surface area contributed by atoms with Crippen molar-refractivity contribution in [1.29, 1.82) is 0 Å². The standard InChI is InChI=1S/C33H40B2N2O6/c38-34(39)32-10-4-2-8-28(32)24-36-22-26-12-16-30(17-13-26)42-20-6-1-7-21-43-31-18-14-27(15-19-31)23-37-25-29-9-3-5-11-33(29)35(40)41/h2-5,8-19,36-41H,1,6-7,20-25H2. The third-order valence-electron chi connectivity index (χ3n) is 7.13. The van der Waals surface area contributed by atoms with E-state index in [1.165, 1.54) is 0 Å². The Morgan fingerprint density at radius 3 is 1.26 bits per heavy atom. The summed E-state index contributed by atoms with van der Waals surface area (Å²) in [5, 5.41) is 44.7. The van der Waals surface area contributed by atoms with Gasteiger partial charge in [-0.3, -0.25) is 0 Å². The van der Waals surface area contributed by atoms with Gasteiger partial charge in [-0.05, 0) is 76.7 Å². The Kier molecular flexibility index (Phi) is 13.1. The van der Waals surface area contributed by atoms with Crippen LogP contribution >= 0.6 is 0 Å². The Bertz CT molecular complexity index is 1270. The predicted octanol–water partition coefficient (Wildman–Crippen LogP) is 2.25. The molecule has 0 radical (unpaired) electrons. The minimum Gasteiger partial charge on any atom is -0.494 e. The molecule has 0 saturated carbocycles. The lowest BCUT2D eigenvalue weighted by molar-refractivity contribution is 0.279. The Morgan fingerprint density at radius 1 is 0.465 bits per heavy atom. The Balaban J connectivity index is 1.05. The smallest absolute Gasteiger partial charge is 0.488 e. The molecule has 43 heavy (non-hydrogen) atoms. The molecule has 0 amide bonds. The quantitative estimate of drug-likeness (QED) is 0.0781. The van der Waals surface area contributed by atoms with Gasteiger partial charge in [0.15, 0.2) is 0 Å². The van der Waals surface area contributed by atoms with Gasteiger partial charge in [0.2, 0.25) is 0 Å². The lowest BCUT2D eigenvalue weighted by Gasteiger charge is -2.11. The summed E-state index contributed by atoms with van der Waals surface area (Å²) in [6.07, 6.45) is 2.91. The minimum atomic E-state index is -1.47. The van der Waals surface area contributed by atoms with E-state index < -0.39 is 14.2 Å². The Hall–Kier alpha value is -3.63. The van der Waals surface area contributed by atoms with E-state index in [4.69, 9.17) is 9.47 Å². The number of hydrogen-bond donors (Lipinski definition) is 6. The van der Waals surface area contributed by atoms with Crippen molar-refractivity contribution in [2.45, 2.75) is 45.4 Å². The van der Waals surface area contributed by atoms with E-state index in [1.54, 1.807) is 24.3 Å². The van der Waals surface area contributed by atoms with E-state index in [-0.39, 0.29) is 0 Å². The fraction of sp³-hybridized carbons (Fsp3) is 0.273. The highest BCUT2D eigenvalue weighted by Gasteiger charge is 2.15. The van der Waals surface area contributed by atoms with Crippen LogP contribution < -0.4 is 31.0 Å². The second kappa shape index (κ2) is 17.5. The molecule has 4 rings (SSSR count). The van der Waals surface area contributed by atoms with Gasteiger partial charge in [0, 0.05) is 26.2 Å². The summed E-state index contributed by atoms with van der Waals surface area (Å²) >= 11 is 0. The van der Waals surface area contributed by atoms with Crippen molar-refractivity contribution in [3.63, 3.8) is 0 Å². The summed E-state index contributed by atoms with van der Waals surface area (Å²) in [4.78, 5) is 0. The molecule has 0 aliphatic heterocycles. The summed E-state index contributed by atoms with van der Waals surface area (Å²) in [7, 11) is -2.94. The van der Waals surface area contributed by atoms with Crippen LogP contribution in [0.1, 0.15) is 41.5 Å². The molecule has 0 atom stereocenters. The average Bonchev–Trinajstić information content (AvgIpc) is 3.02. The van der Waals surface area contributed by atoms with Crippen LogP contribution in [0.3, 0.4) is 0 Å². The molecule has 0 heterocycles. The zero-order valence-electron chi connectivity index (χ0n) is 24.4. The first-order valence-corrected chi connectivity index (χ1v) is 14.7. The summed E-state index contributed by atoms with van der Waals surface area (Å²) in [5.74, 6) is 1.69. The molecule has 6 N–H and O–H groups in total. The molecule has 4 aromatic carbocycles. The highest BCUT2D eigenvalue weighted by molar-refractivity contribution is 6.59. The van der Waals surface area contributed by atoms with Crippen molar-refractivity contribution >= 4 is 25.2 Å². The van der Waals surface area contributed by atoms with Crippen LogP contribution in [-0.4, -0.2) is 47.5 Å². The van der Waals surface area contributed by atoms with E-state index in [1.807, 2.05) is 72.8 Å². The Morgan fingerprint density at radius 2 is 0.860 bits per heavy atom. The first-order chi connectivity index (χ1) is 21.0. The monoisotopic (exact) mass is 582 g/mol. The molecule has 224 valence electrons. The maximum absolute atomic E-state index is 9.50. The zero-order valence-corrected chi connectivity index (χ0v) is 24.4. The van der Waals surface area contributed by atoms with Crippen LogP contribution in [-0.2, 0) is 26.2 Å². The molecule has 4 aromatic rings. The molecule has 0 aliphatic carbocycles. The first kappa shape index (κ1) is 32.3. The summed E-state index contributed by atoms with van der Waals surface area (Å²) in [6, 6.07) is 30.6. The van der Waals surface area contributed by atoms with Crippen molar-refractivity contribution in [2.24, 2.45) is 0 Å². The molecule has 0 aromatic heterocycles. The van der Waals surface area contributed by atoms with Gasteiger partial charge in [-0.25, -0.2) is 0 Å². The van der Waals surface area contributed by atoms with Crippen LogP contribution in [0.25, 0.3) is 0 Å². The molecule has 0 unspecified atom stereocenters. The number of benzene rings is 4. The number of hydrogen-bond acceptors (Lipinski definition) is 8. The predicted molar refractivity (Wildman–Crippen MR) is 171 cm³/mol. The van der Waals surface area contributed by atoms with E-state index >= 15 is 0 Å². The highest BCUT2D eigenvalue weighted by Crippen LogP contribution is 2.15. The lowest BCUT2D eigenvalue weighted by Crippen LogP contribution is -2.34. The van der Waals surface area contributed by atoms with E-state index in [0.29, 0.717) is 50.3 Å². The van der Waals surface area contributed by atoms with E-state index in [9.17, 15) is 20.1 Å². The van der Waals surface area contributed by atoms with Gasteiger partial charge in [-0.15, -0.1) is 0 Å². The number of unbranched alkanes of at least 4 members (excludes halogenated alkanes) is 2.